The highest BCUT2D eigenvalue weighted by atomic mass is 32.2. The molecule has 1 aliphatic heterocycles. The van der Waals surface area contributed by atoms with Crippen LogP contribution < -0.4 is 5.32 Å². The average Bonchev–Trinajstić information content (AvgIpc) is 2.80. The standard InChI is InChI=1S/C17H13F3N2O4S/c1-10(15(23)21-12-8-6-11(7-9-12)17(18,19)20)22-16(24)13-4-2-3-5-14(13)27(22,25)26/h2-10H,1H3,(H,21,23)/t10-/m1/s1. The maximum Gasteiger partial charge on any atom is 0.416 e. The Hall–Kier alpha value is -2.88. The first kappa shape index (κ1) is 18.9. The van der Waals surface area contributed by atoms with E-state index in [1.54, 1.807) is 0 Å². The van der Waals surface area contributed by atoms with Crippen molar-refractivity contribution in [1.29, 1.82) is 0 Å². The molecule has 0 saturated heterocycles. The molecule has 2 aromatic carbocycles. The molecule has 6 nitrogen and oxygen atoms in total. The molecule has 3 rings (SSSR count). The molecular weight excluding hydrogens is 385 g/mol. The minimum Gasteiger partial charge on any atom is -0.324 e. The van der Waals surface area contributed by atoms with Crippen molar-refractivity contribution in [2.24, 2.45) is 0 Å². The number of hydrogen-bond donors (Lipinski definition) is 1. The monoisotopic (exact) mass is 398 g/mol. The van der Waals surface area contributed by atoms with Crippen molar-refractivity contribution in [1.82, 2.24) is 4.31 Å². The fourth-order valence-electron chi connectivity index (χ4n) is 2.68. The van der Waals surface area contributed by atoms with Crippen LogP contribution in [0.1, 0.15) is 22.8 Å². The van der Waals surface area contributed by atoms with E-state index in [4.69, 9.17) is 0 Å². The van der Waals surface area contributed by atoms with Gasteiger partial charge in [0.25, 0.3) is 15.9 Å². The fraction of sp³-hybridized carbons (Fsp3) is 0.176. The number of carbonyl (C=O) groups is 2. The Morgan fingerprint density at radius 1 is 1.07 bits per heavy atom. The third kappa shape index (κ3) is 3.27. The Labute approximate surface area is 152 Å². The molecule has 0 aromatic heterocycles. The molecule has 10 heteroatoms. The largest absolute Gasteiger partial charge is 0.416 e. The van der Waals surface area contributed by atoms with Gasteiger partial charge in [-0.25, -0.2) is 12.7 Å². The summed E-state index contributed by atoms with van der Waals surface area (Å²) in [5.41, 5.74) is -0.880. The smallest absolute Gasteiger partial charge is 0.324 e. The van der Waals surface area contributed by atoms with E-state index in [2.05, 4.69) is 5.32 Å². The lowest BCUT2D eigenvalue weighted by Crippen LogP contribution is -2.45. The molecule has 0 saturated carbocycles. The first-order valence-electron chi connectivity index (χ1n) is 7.69. The molecule has 1 N–H and O–H groups in total. The molecule has 1 atom stereocenters. The van der Waals surface area contributed by atoms with Gasteiger partial charge in [0.05, 0.1) is 11.1 Å². The van der Waals surface area contributed by atoms with Crippen LogP contribution in [0.15, 0.2) is 53.4 Å². The number of rotatable bonds is 3. The number of halogens is 3. The Kier molecular flexibility index (Phi) is 4.46. The van der Waals surface area contributed by atoms with Gasteiger partial charge in [-0.2, -0.15) is 13.2 Å². The van der Waals surface area contributed by atoms with Crippen molar-refractivity contribution in [2.75, 3.05) is 5.32 Å². The number of carbonyl (C=O) groups excluding carboxylic acids is 2. The molecule has 0 unspecified atom stereocenters. The zero-order valence-electron chi connectivity index (χ0n) is 13.8. The zero-order valence-corrected chi connectivity index (χ0v) is 14.6. The summed E-state index contributed by atoms with van der Waals surface area (Å²) >= 11 is 0. The van der Waals surface area contributed by atoms with Crippen molar-refractivity contribution < 1.29 is 31.2 Å². The Bertz CT molecular complexity index is 1020. The molecule has 142 valence electrons. The summed E-state index contributed by atoms with van der Waals surface area (Å²) in [5.74, 6) is -1.68. The van der Waals surface area contributed by atoms with Gasteiger partial charge in [-0.1, -0.05) is 12.1 Å². The van der Waals surface area contributed by atoms with E-state index >= 15 is 0 Å². The number of nitrogens with zero attached hydrogens (tertiary/aromatic N) is 1. The predicted molar refractivity (Wildman–Crippen MR) is 89.3 cm³/mol. The van der Waals surface area contributed by atoms with Gasteiger partial charge in [0, 0.05) is 5.69 Å². The van der Waals surface area contributed by atoms with E-state index in [1.165, 1.54) is 31.2 Å². The quantitative estimate of drug-likeness (QED) is 0.862. The highest BCUT2D eigenvalue weighted by Crippen LogP contribution is 2.32. The zero-order chi connectivity index (χ0) is 20.0. The van der Waals surface area contributed by atoms with Gasteiger partial charge >= 0.3 is 6.18 Å². The molecular formula is C17H13F3N2O4S. The average molecular weight is 398 g/mol. The summed E-state index contributed by atoms with van der Waals surface area (Å²) in [6, 6.07) is 7.84. The molecule has 2 aromatic rings. The van der Waals surface area contributed by atoms with Crippen molar-refractivity contribution in [3.63, 3.8) is 0 Å². The van der Waals surface area contributed by atoms with Crippen LogP contribution in [0.5, 0.6) is 0 Å². The summed E-state index contributed by atoms with van der Waals surface area (Å²) in [6.07, 6.45) is -4.52. The van der Waals surface area contributed by atoms with Crippen molar-refractivity contribution >= 4 is 27.5 Å². The number of hydrogen-bond acceptors (Lipinski definition) is 4. The number of sulfonamides is 1. The molecule has 1 heterocycles. The Morgan fingerprint density at radius 3 is 2.22 bits per heavy atom. The maximum atomic E-state index is 12.6. The highest BCUT2D eigenvalue weighted by molar-refractivity contribution is 7.90. The van der Waals surface area contributed by atoms with Crippen molar-refractivity contribution in [2.45, 2.75) is 24.0 Å². The minimum atomic E-state index is -4.52. The van der Waals surface area contributed by atoms with Crippen LogP contribution in [0.4, 0.5) is 18.9 Å². The number of benzene rings is 2. The van der Waals surface area contributed by atoms with Crippen LogP contribution in [-0.2, 0) is 21.0 Å². The van der Waals surface area contributed by atoms with Gasteiger partial charge in [0.1, 0.15) is 10.9 Å². The molecule has 0 fully saturated rings. The van der Waals surface area contributed by atoms with Gasteiger partial charge in [-0.15, -0.1) is 0 Å². The van der Waals surface area contributed by atoms with Gasteiger partial charge < -0.3 is 5.32 Å². The predicted octanol–water partition coefficient (Wildman–Crippen LogP) is 2.88. The summed E-state index contributed by atoms with van der Waals surface area (Å²) in [6.45, 7) is 1.22. The third-order valence-electron chi connectivity index (χ3n) is 4.07. The topological polar surface area (TPSA) is 83.6 Å². The second kappa shape index (κ2) is 6.38. The number of anilines is 1. The van der Waals surface area contributed by atoms with E-state index in [1.807, 2.05) is 0 Å². The van der Waals surface area contributed by atoms with Gasteiger partial charge in [0.2, 0.25) is 5.91 Å². The van der Waals surface area contributed by atoms with E-state index in [9.17, 15) is 31.2 Å². The molecule has 0 bridgehead atoms. The second-order valence-electron chi connectivity index (χ2n) is 5.84. The Morgan fingerprint density at radius 2 is 1.67 bits per heavy atom. The van der Waals surface area contributed by atoms with Crippen LogP contribution in [0.3, 0.4) is 0 Å². The lowest BCUT2D eigenvalue weighted by molar-refractivity contribution is -0.137. The minimum absolute atomic E-state index is 0.0355. The van der Waals surface area contributed by atoms with Crippen LogP contribution in [0, 0.1) is 0 Å². The number of amides is 2. The molecule has 27 heavy (non-hydrogen) atoms. The van der Waals surface area contributed by atoms with Gasteiger partial charge in [-0.05, 0) is 43.3 Å². The van der Waals surface area contributed by atoms with Crippen LogP contribution in [0.2, 0.25) is 0 Å². The molecule has 1 aliphatic rings. The van der Waals surface area contributed by atoms with Crippen LogP contribution in [0.25, 0.3) is 0 Å². The lowest BCUT2D eigenvalue weighted by atomic mass is 10.2. The fourth-order valence-corrected chi connectivity index (χ4v) is 4.41. The second-order valence-corrected chi connectivity index (χ2v) is 7.63. The van der Waals surface area contributed by atoms with E-state index in [0.717, 1.165) is 24.3 Å². The summed E-state index contributed by atoms with van der Waals surface area (Å²) in [5, 5.41) is 2.32. The molecule has 0 aliphatic carbocycles. The third-order valence-corrected chi connectivity index (χ3v) is 5.98. The number of nitrogens with one attached hydrogen (secondary N) is 1. The maximum absolute atomic E-state index is 12.6. The van der Waals surface area contributed by atoms with Crippen molar-refractivity contribution in [3.05, 3.63) is 59.7 Å². The van der Waals surface area contributed by atoms with Crippen LogP contribution in [-0.4, -0.2) is 30.6 Å². The lowest BCUT2D eigenvalue weighted by Gasteiger charge is -2.22. The number of fused-ring (bicyclic) bond motifs is 1. The Balaban J connectivity index is 1.81. The highest BCUT2D eigenvalue weighted by Gasteiger charge is 2.45. The van der Waals surface area contributed by atoms with E-state index in [0.29, 0.717) is 4.31 Å². The SMILES string of the molecule is C[C@H](C(=O)Nc1ccc(C(F)(F)F)cc1)N1C(=O)c2ccccc2S1(=O)=O. The van der Waals surface area contributed by atoms with Crippen LogP contribution >= 0.6 is 0 Å². The van der Waals surface area contributed by atoms with E-state index < -0.39 is 39.6 Å². The summed E-state index contributed by atoms with van der Waals surface area (Å²) < 4.78 is 63.3. The summed E-state index contributed by atoms with van der Waals surface area (Å²) in [4.78, 5) is 24.6. The van der Waals surface area contributed by atoms with E-state index in [-0.39, 0.29) is 16.1 Å². The summed E-state index contributed by atoms with van der Waals surface area (Å²) in [7, 11) is -4.18. The van der Waals surface area contributed by atoms with Crippen molar-refractivity contribution in [3.8, 4) is 0 Å². The first-order chi connectivity index (χ1) is 12.5. The molecule has 0 radical (unpaired) electrons. The van der Waals surface area contributed by atoms with Gasteiger partial charge in [-0.3, -0.25) is 9.59 Å². The molecule has 0 spiro atoms. The molecule has 2 amide bonds. The van der Waals surface area contributed by atoms with Gasteiger partial charge in [0.15, 0.2) is 0 Å². The number of alkyl halides is 3. The first-order valence-corrected chi connectivity index (χ1v) is 9.13. The normalized spacial score (nSPS) is 16.7.